The van der Waals surface area contributed by atoms with E-state index in [4.69, 9.17) is 14.8 Å². The van der Waals surface area contributed by atoms with Crippen molar-refractivity contribution in [3.63, 3.8) is 0 Å². The van der Waals surface area contributed by atoms with E-state index in [0.29, 0.717) is 5.56 Å². The third-order valence-electron chi connectivity index (χ3n) is 2.16. The van der Waals surface area contributed by atoms with Crippen LogP contribution in [0.4, 0.5) is 0 Å². The van der Waals surface area contributed by atoms with Crippen molar-refractivity contribution in [2.75, 3.05) is 21.2 Å². The number of hydrogen-bond acceptors (Lipinski definition) is 4. The Labute approximate surface area is 94.4 Å². The van der Waals surface area contributed by atoms with Crippen molar-refractivity contribution < 1.29 is 19.6 Å². The predicted molar refractivity (Wildman–Crippen MR) is 60.8 cm³/mol. The number of carbonyl (C=O) groups is 1. The second-order valence-corrected chi connectivity index (χ2v) is 3.53. The molecule has 1 aromatic rings. The van der Waals surface area contributed by atoms with Gasteiger partial charge in [0.05, 0.1) is 7.11 Å². The molecule has 0 fully saturated rings. The van der Waals surface area contributed by atoms with Crippen molar-refractivity contribution in [1.82, 2.24) is 4.90 Å². The van der Waals surface area contributed by atoms with E-state index in [9.17, 15) is 4.79 Å². The van der Waals surface area contributed by atoms with Gasteiger partial charge in [-0.1, -0.05) is 6.07 Å². The molecule has 0 saturated carbocycles. The molecule has 0 saturated heterocycles. The van der Waals surface area contributed by atoms with Crippen LogP contribution >= 0.6 is 0 Å². The first-order valence-electron chi connectivity index (χ1n) is 4.73. The lowest BCUT2D eigenvalue weighted by Crippen LogP contribution is -2.32. The van der Waals surface area contributed by atoms with Crippen LogP contribution in [0.1, 0.15) is 10.4 Å². The zero-order valence-corrected chi connectivity index (χ0v) is 9.47. The second kappa shape index (κ2) is 5.00. The Morgan fingerprint density at radius 2 is 2.00 bits per heavy atom. The fourth-order valence-electron chi connectivity index (χ4n) is 1.32. The Morgan fingerprint density at radius 3 is 2.44 bits per heavy atom. The first-order chi connectivity index (χ1) is 7.47. The van der Waals surface area contributed by atoms with Crippen LogP contribution in [-0.4, -0.2) is 49.2 Å². The lowest BCUT2D eigenvalue weighted by atomic mass is 9.79. The number of amides is 1. The molecule has 1 amide bonds. The minimum absolute atomic E-state index is 0.169. The molecule has 86 valence electrons. The van der Waals surface area contributed by atoms with Crippen LogP contribution < -0.4 is 10.2 Å². The molecule has 2 N–H and O–H groups in total. The van der Waals surface area contributed by atoms with E-state index < -0.39 is 7.12 Å². The summed E-state index contributed by atoms with van der Waals surface area (Å²) in [6.07, 6.45) is 0. The fourth-order valence-corrected chi connectivity index (χ4v) is 1.32. The number of hydrogen-bond donors (Lipinski definition) is 2. The van der Waals surface area contributed by atoms with Crippen molar-refractivity contribution in [3.05, 3.63) is 23.8 Å². The lowest BCUT2D eigenvalue weighted by Gasteiger charge is -2.13. The number of rotatable bonds is 3. The standard InChI is InChI=1S/C10H14BNO4/c1-12(2)10(13)7-4-5-8(11(14)15)9(6-7)16-3/h4-6,14-15H,1-3H3. The summed E-state index contributed by atoms with van der Waals surface area (Å²) in [6, 6.07) is 4.47. The van der Waals surface area contributed by atoms with E-state index in [2.05, 4.69) is 0 Å². The highest BCUT2D eigenvalue weighted by Gasteiger charge is 2.19. The molecular weight excluding hydrogens is 209 g/mol. The fraction of sp³-hybridized carbons (Fsp3) is 0.300. The third-order valence-corrected chi connectivity index (χ3v) is 2.16. The Bertz CT molecular complexity index is 392. The summed E-state index contributed by atoms with van der Waals surface area (Å²) >= 11 is 0. The van der Waals surface area contributed by atoms with Gasteiger partial charge in [-0.05, 0) is 12.1 Å². The van der Waals surface area contributed by atoms with Crippen LogP contribution in [0.25, 0.3) is 0 Å². The van der Waals surface area contributed by atoms with Gasteiger partial charge in [-0.2, -0.15) is 0 Å². The Balaban J connectivity index is 3.14. The zero-order chi connectivity index (χ0) is 12.3. The molecule has 1 aromatic carbocycles. The maximum Gasteiger partial charge on any atom is 0.492 e. The highest BCUT2D eigenvalue weighted by molar-refractivity contribution is 6.59. The van der Waals surface area contributed by atoms with E-state index in [0.717, 1.165) is 0 Å². The van der Waals surface area contributed by atoms with Crippen LogP contribution in [0.15, 0.2) is 18.2 Å². The number of carbonyl (C=O) groups excluding carboxylic acids is 1. The summed E-state index contributed by atoms with van der Waals surface area (Å²) in [7, 11) is 3.08. The molecule has 0 bridgehead atoms. The van der Waals surface area contributed by atoms with Crippen LogP contribution in [0.3, 0.4) is 0 Å². The largest absolute Gasteiger partial charge is 0.497 e. The van der Waals surface area contributed by atoms with Crippen molar-refractivity contribution in [2.24, 2.45) is 0 Å². The molecule has 5 nitrogen and oxygen atoms in total. The van der Waals surface area contributed by atoms with Gasteiger partial charge in [0.15, 0.2) is 0 Å². The van der Waals surface area contributed by atoms with Gasteiger partial charge in [-0.25, -0.2) is 0 Å². The van der Waals surface area contributed by atoms with E-state index in [1.54, 1.807) is 14.1 Å². The maximum atomic E-state index is 11.6. The summed E-state index contributed by atoms with van der Waals surface area (Å²) in [4.78, 5) is 13.1. The van der Waals surface area contributed by atoms with Crippen molar-refractivity contribution >= 4 is 18.5 Å². The van der Waals surface area contributed by atoms with Crippen molar-refractivity contribution in [1.29, 1.82) is 0 Å². The Morgan fingerprint density at radius 1 is 1.38 bits per heavy atom. The van der Waals surface area contributed by atoms with Gasteiger partial charge in [-0.15, -0.1) is 0 Å². The second-order valence-electron chi connectivity index (χ2n) is 3.53. The number of methoxy groups -OCH3 is 1. The molecule has 6 heteroatoms. The predicted octanol–water partition coefficient (Wildman–Crippen LogP) is -0.923. The topological polar surface area (TPSA) is 70.0 Å². The minimum atomic E-state index is -1.61. The highest BCUT2D eigenvalue weighted by Crippen LogP contribution is 2.12. The normalized spacial score (nSPS) is 9.81. The Kier molecular flexibility index (Phi) is 3.92. The van der Waals surface area contributed by atoms with E-state index in [-0.39, 0.29) is 17.1 Å². The molecule has 0 radical (unpaired) electrons. The van der Waals surface area contributed by atoms with Crippen molar-refractivity contribution in [3.8, 4) is 5.75 Å². The first kappa shape index (κ1) is 12.5. The number of ether oxygens (including phenoxy) is 1. The van der Waals surface area contributed by atoms with Gasteiger partial charge in [0, 0.05) is 25.1 Å². The quantitative estimate of drug-likeness (QED) is 0.650. The van der Waals surface area contributed by atoms with Gasteiger partial charge in [0.25, 0.3) is 5.91 Å². The lowest BCUT2D eigenvalue weighted by molar-refractivity contribution is 0.0827. The monoisotopic (exact) mass is 223 g/mol. The molecule has 0 atom stereocenters. The molecular formula is C10H14BNO4. The van der Waals surface area contributed by atoms with Gasteiger partial charge < -0.3 is 19.7 Å². The molecule has 16 heavy (non-hydrogen) atoms. The first-order valence-corrected chi connectivity index (χ1v) is 4.73. The number of nitrogens with zero attached hydrogens (tertiary/aromatic N) is 1. The summed E-state index contributed by atoms with van der Waals surface area (Å²) in [6.45, 7) is 0. The summed E-state index contributed by atoms with van der Waals surface area (Å²) in [5.41, 5.74) is 0.670. The maximum absolute atomic E-state index is 11.6. The average molecular weight is 223 g/mol. The average Bonchev–Trinajstić information content (AvgIpc) is 2.26. The van der Waals surface area contributed by atoms with Gasteiger partial charge >= 0.3 is 7.12 Å². The number of benzene rings is 1. The van der Waals surface area contributed by atoms with E-state index >= 15 is 0 Å². The SMILES string of the molecule is COc1cc(C(=O)N(C)C)ccc1B(O)O. The summed E-state index contributed by atoms with van der Waals surface area (Å²) < 4.78 is 4.99. The molecule has 0 spiro atoms. The highest BCUT2D eigenvalue weighted by atomic mass is 16.5. The van der Waals surface area contributed by atoms with Crippen molar-refractivity contribution in [2.45, 2.75) is 0 Å². The minimum Gasteiger partial charge on any atom is -0.497 e. The van der Waals surface area contributed by atoms with Gasteiger partial charge in [0.1, 0.15) is 5.75 Å². The smallest absolute Gasteiger partial charge is 0.492 e. The van der Waals surface area contributed by atoms with Crippen LogP contribution in [0, 0.1) is 0 Å². The van der Waals surface area contributed by atoms with Crippen LogP contribution in [0.2, 0.25) is 0 Å². The van der Waals surface area contributed by atoms with Gasteiger partial charge in [0.2, 0.25) is 0 Å². The molecule has 0 unspecified atom stereocenters. The van der Waals surface area contributed by atoms with E-state index in [1.165, 1.54) is 30.2 Å². The van der Waals surface area contributed by atoms with Gasteiger partial charge in [-0.3, -0.25) is 4.79 Å². The van der Waals surface area contributed by atoms with E-state index in [1.807, 2.05) is 0 Å². The zero-order valence-electron chi connectivity index (χ0n) is 9.47. The molecule has 0 aliphatic carbocycles. The Hall–Kier alpha value is -1.53. The summed E-state index contributed by atoms with van der Waals surface area (Å²) in [5.74, 6) is 0.111. The van der Waals surface area contributed by atoms with Crippen LogP contribution in [0.5, 0.6) is 5.75 Å². The van der Waals surface area contributed by atoms with Crippen LogP contribution in [-0.2, 0) is 0 Å². The molecule has 1 rings (SSSR count). The molecule has 0 aromatic heterocycles. The molecule has 0 aliphatic rings. The molecule has 0 heterocycles. The summed E-state index contributed by atoms with van der Waals surface area (Å²) in [5, 5.41) is 18.1. The molecule has 0 aliphatic heterocycles. The third kappa shape index (κ3) is 2.53.